The molecule has 0 aliphatic heterocycles. The highest BCUT2D eigenvalue weighted by Crippen LogP contribution is 2.15. The maximum atomic E-state index is 11.9. The summed E-state index contributed by atoms with van der Waals surface area (Å²) >= 11 is 0. The minimum absolute atomic E-state index is 0.0474. The number of carbonyl (C=O) groups excluding carboxylic acids is 1. The van der Waals surface area contributed by atoms with Crippen molar-refractivity contribution in [3.63, 3.8) is 0 Å². The lowest BCUT2D eigenvalue weighted by molar-refractivity contribution is -0.122. The van der Waals surface area contributed by atoms with Crippen molar-refractivity contribution in [2.45, 2.75) is 58.7 Å². The molecule has 0 radical (unpaired) electrons. The number of aromatic nitrogens is 1. The molecular formula is C15H25N3O2. The maximum Gasteiger partial charge on any atom is 0.237 e. The molecule has 0 saturated heterocycles. The average molecular weight is 279 g/mol. The Morgan fingerprint density at radius 1 is 1.50 bits per heavy atom. The van der Waals surface area contributed by atoms with Crippen LogP contribution in [0, 0.1) is 0 Å². The van der Waals surface area contributed by atoms with Crippen LogP contribution in [-0.2, 0) is 11.3 Å². The van der Waals surface area contributed by atoms with E-state index in [9.17, 15) is 4.79 Å². The third-order valence-corrected chi connectivity index (χ3v) is 2.86. The van der Waals surface area contributed by atoms with Gasteiger partial charge in [0.1, 0.15) is 0 Å². The Bertz CT molecular complexity index is 421. The molecule has 5 nitrogen and oxygen atoms in total. The first kappa shape index (κ1) is 16.4. The predicted octanol–water partition coefficient (Wildman–Crippen LogP) is 2.00. The maximum absolute atomic E-state index is 11.9. The standard InChI is InChI=1S/C15H25N3O2/c1-4-5-8-13(16)14(19)18-10-12-7-6-9-17-15(12)20-11(2)3/h6-7,9,11,13H,4-5,8,10,16H2,1-3H3,(H,18,19). The first-order chi connectivity index (χ1) is 9.54. The number of nitrogens with zero attached hydrogens (tertiary/aromatic N) is 1. The highest BCUT2D eigenvalue weighted by molar-refractivity contribution is 5.81. The van der Waals surface area contributed by atoms with E-state index in [1.165, 1.54) is 0 Å². The van der Waals surface area contributed by atoms with Crippen LogP contribution in [0.1, 0.15) is 45.6 Å². The Kier molecular flexibility index (Phi) is 7.01. The lowest BCUT2D eigenvalue weighted by Gasteiger charge is -2.15. The SMILES string of the molecule is CCCCC(N)C(=O)NCc1cccnc1OC(C)C. The van der Waals surface area contributed by atoms with Crippen LogP contribution in [-0.4, -0.2) is 23.0 Å². The second-order valence-corrected chi connectivity index (χ2v) is 5.10. The molecule has 0 fully saturated rings. The molecule has 1 unspecified atom stereocenters. The zero-order chi connectivity index (χ0) is 15.0. The molecule has 20 heavy (non-hydrogen) atoms. The van der Waals surface area contributed by atoms with Gasteiger partial charge in [0.25, 0.3) is 0 Å². The Morgan fingerprint density at radius 2 is 2.25 bits per heavy atom. The fourth-order valence-corrected chi connectivity index (χ4v) is 1.76. The van der Waals surface area contributed by atoms with Gasteiger partial charge in [-0.1, -0.05) is 25.8 Å². The number of unbranched alkanes of at least 4 members (excludes halogenated alkanes) is 1. The molecule has 1 rings (SSSR count). The van der Waals surface area contributed by atoms with Crippen molar-refractivity contribution in [2.24, 2.45) is 5.73 Å². The third-order valence-electron chi connectivity index (χ3n) is 2.86. The minimum atomic E-state index is -0.443. The van der Waals surface area contributed by atoms with Crippen molar-refractivity contribution in [3.05, 3.63) is 23.9 Å². The lowest BCUT2D eigenvalue weighted by atomic mass is 10.1. The van der Waals surface area contributed by atoms with E-state index < -0.39 is 6.04 Å². The number of hydrogen-bond donors (Lipinski definition) is 2. The van der Waals surface area contributed by atoms with Crippen molar-refractivity contribution in [1.29, 1.82) is 0 Å². The largest absolute Gasteiger partial charge is 0.475 e. The van der Waals surface area contributed by atoms with Crippen LogP contribution in [0.15, 0.2) is 18.3 Å². The molecular weight excluding hydrogens is 254 g/mol. The zero-order valence-corrected chi connectivity index (χ0v) is 12.6. The molecule has 1 aromatic rings. The molecule has 0 bridgehead atoms. The summed E-state index contributed by atoms with van der Waals surface area (Å²) in [7, 11) is 0. The number of pyridine rings is 1. The number of rotatable bonds is 8. The van der Waals surface area contributed by atoms with Crippen LogP contribution in [0.25, 0.3) is 0 Å². The van der Waals surface area contributed by atoms with E-state index in [1.54, 1.807) is 6.20 Å². The summed E-state index contributed by atoms with van der Waals surface area (Å²) in [4.78, 5) is 16.0. The quantitative estimate of drug-likeness (QED) is 0.763. The van der Waals surface area contributed by atoms with Gasteiger partial charge in [-0.3, -0.25) is 4.79 Å². The summed E-state index contributed by atoms with van der Waals surface area (Å²) in [5.74, 6) is 0.433. The summed E-state index contributed by atoms with van der Waals surface area (Å²) < 4.78 is 5.61. The van der Waals surface area contributed by atoms with Gasteiger partial charge < -0.3 is 15.8 Å². The van der Waals surface area contributed by atoms with Crippen LogP contribution in [0.5, 0.6) is 5.88 Å². The first-order valence-corrected chi connectivity index (χ1v) is 7.18. The van der Waals surface area contributed by atoms with Crippen LogP contribution in [0.2, 0.25) is 0 Å². The average Bonchev–Trinajstić information content (AvgIpc) is 2.42. The van der Waals surface area contributed by atoms with Gasteiger partial charge in [-0.2, -0.15) is 0 Å². The van der Waals surface area contributed by atoms with Gasteiger partial charge in [0, 0.05) is 18.3 Å². The van der Waals surface area contributed by atoms with E-state index in [2.05, 4.69) is 17.2 Å². The van der Waals surface area contributed by atoms with Crippen molar-refractivity contribution in [2.75, 3.05) is 0 Å². The van der Waals surface area contributed by atoms with Gasteiger partial charge in [0.15, 0.2) is 0 Å². The van der Waals surface area contributed by atoms with Crippen LogP contribution < -0.4 is 15.8 Å². The summed E-state index contributed by atoms with van der Waals surface area (Å²) in [6, 6.07) is 3.27. The van der Waals surface area contributed by atoms with Gasteiger partial charge in [-0.25, -0.2) is 4.98 Å². The number of amides is 1. The lowest BCUT2D eigenvalue weighted by Crippen LogP contribution is -2.40. The first-order valence-electron chi connectivity index (χ1n) is 7.18. The van der Waals surface area contributed by atoms with Gasteiger partial charge >= 0.3 is 0 Å². The molecule has 0 saturated carbocycles. The molecule has 112 valence electrons. The van der Waals surface area contributed by atoms with Gasteiger partial charge in [0.05, 0.1) is 12.1 Å². The van der Waals surface area contributed by atoms with E-state index in [-0.39, 0.29) is 12.0 Å². The highest BCUT2D eigenvalue weighted by Gasteiger charge is 2.13. The topological polar surface area (TPSA) is 77.2 Å². The molecule has 1 aromatic heterocycles. The van der Waals surface area contributed by atoms with E-state index in [0.717, 1.165) is 18.4 Å². The van der Waals surface area contributed by atoms with Crippen molar-refractivity contribution in [1.82, 2.24) is 10.3 Å². The summed E-state index contributed by atoms with van der Waals surface area (Å²) in [6.45, 7) is 6.35. The van der Waals surface area contributed by atoms with E-state index in [0.29, 0.717) is 18.8 Å². The van der Waals surface area contributed by atoms with Gasteiger partial charge in [0.2, 0.25) is 11.8 Å². The third kappa shape index (κ3) is 5.57. The molecule has 1 amide bonds. The number of nitrogens with one attached hydrogen (secondary N) is 1. The fraction of sp³-hybridized carbons (Fsp3) is 0.600. The summed E-state index contributed by atoms with van der Waals surface area (Å²) in [5.41, 5.74) is 6.69. The molecule has 0 spiro atoms. The van der Waals surface area contributed by atoms with E-state index >= 15 is 0 Å². The second kappa shape index (κ2) is 8.53. The van der Waals surface area contributed by atoms with Crippen LogP contribution >= 0.6 is 0 Å². The van der Waals surface area contributed by atoms with E-state index in [1.807, 2.05) is 26.0 Å². The molecule has 0 aliphatic carbocycles. The molecule has 0 aromatic carbocycles. The number of ether oxygens (including phenoxy) is 1. The summed E-state index contributed by atoms with van der Waals surface area (Å²) in [6.07, 6.45) is 4.44. The normalized spacial score (nSPS) is 12.2. The fourth-order valence-electron chi connectivity index (χ4n) is 1.76. The molecule has 1 atom stereocenters. The van der Waals surface area contributed by atoms with Crippen molar-refractivity contribution >= 4 is 5.91 Å². The molecule has 1 heterocycles. The molecule has 0 aliphatic rings. The van der Waals surface area contributed by atoms with Gasteiger partial charge in [-0.05, 0) is 26.3 Å². The Balaban J connectivity index is 2.54. The second-order valence-electron chi connectivity index (χ2n) is 5.10. The highest BCUT2D eigenvalue weighted by atomic mass is 16.5. The predicted molar refractivity (Wildman–Crippen MR) is 79.3 cm³/mol. The number of nitrogens with two attached hydrogens (primary N) is 1. The molecule has 3 N–H and O–H groups in total. The van der Waals surface area contributed by atoms with E-state index in [4.69, 9.17) is 10.5 Å². The van der Waals surface area contributed by atoms with Crippen molar-refractivity contribution < 1.29 is 9.53 Å². The number of carbonyl (C=O) groups is 1. The Labute approximate surface area is 120 Å². The molecule has 5 heteroatoms. The Hall–Kier alpha value is -1.62. The minimum Gasteiger partial charge on any atom is -0.475 e. The van der Waals surface area contributed by atoms with Crippen LogP contribution in [0.4, 0.5) is 0 Å². The number of hydrogen-bond acceptors (Lipinski definition) is 4. The van der Waals surface area contributed by atoms with Gasteiger partial charge in [-0.15, -0.1) is 0 Å². The smallest absolute Gasteiger partial charge is 0.237 e. The zero-order valence-electron chi connectivity index (χ0n) is 12.6. The monoisotopic (exact) mass is 279 g/mol. The Morgan fingerprint density at radius 3 is 2.90 bits per heavy atom. The van der Waals surface area contributed by atoms with Crippen molar-refractivity contribution in [3.8, 4) is 5.88 Å². The summed E-state index contributed by atoms with van der Waals surface area (Å²) in [5, 5.41) is 2.84. The van der Waals surface area contributed by atoms with Crippen LogP contribution in [0.3, 0.4) is 0 Å².